The summed E-state index contributed by atoms with van der Waals surface area (Å²) >= 11 is 5.78. The Labute approximate surface area is 105 Å². The smallest absolute Gasteiger partial charge is 0.224 e. The minimum absolute atomic E-state index is 0.268. The van der Waals surface area contributed by atoms with Gasteiger partial charge in [0.05, 0.1) is 0 Å². The zero-order valence-corrected chi connectivity index (χ0v) is 10.6. The predicted octanol–water partition coefficient (Wildman–Crippen LogP) is 1.83. The highest BCUT2D eigenvalue weighted by molar-refractivity contribution is 6.28. The minimum atomic E-state index is 0.268. The maximum atomic E-state index is 5.78. The zero-order chi connectivity index (χ0) is 12.3. The molecule has 2 rings (SSSR count). The van der Waals surface area contributed by atoms with Gasteiger partial charge in [-0.2, -0.15) is 0 Å². The summed E-state index contributed by atoms with van der Waals surface area (Å²) in [5.74, 6) is 1.78. The molecule has 2 aromatic heterocycles. The summed E-state index contributed by atoms with van der Waals surface area (Å²) in [7, 11) is 1.98. The van der Waals surface area contributed by atoms with Crippen molar-refractivity contribution in [2.75, 3.05) is 11.9 Å². The molecule has 2 aromatic rings. The molecular weight excluding hydrogens is 238 g/mol. The van der Waals surface area contributed by atoms with E-state index in [-0.39, 0.29) is 5.28 Å². The summed E-state index contributed by atoms with van der Waals surface area (Å²) in [6.45, 7) is 2.65. The van der Waals surface area contributed by atoms with E-state index in [9.17, 15) is 0 Å². The number of anilines is 1. The van der Waals surface area contributed by atoms with Crippen molar-refractivity contribution in [2.24, 2.45) is 7.05 Å². The molecule has 0 radical (unpaired) electrons. The van der Waals surface area contributed by atoms with Crippen LogP contribution in [0.4, 0.5) is 5.82 Å². The van der Waals surface area contributed by atoms with E-state index >= 15 is 0 Å². The van der Waals surface area contributed by atoms with E-state index in [0.717, 1.165) is 30.3 Å². The molecule has 1 N–H and O–H groups in total. The number of halogens is 1. The van der Waals surface area contributed by atoms with Gasteiger partial charge in [0.25, 0.3) is 0 Å². The first-order valence-corrected chi connectivity index (χ1v) is 5.74. The van der Waals surface area contributed by atoms with Crippen LogP contribution in [-0.4, -0.2) is 26.1 Å². The molecule has 0 spiro atoms. The summed E-state index contributed by atoms with van der Waals surface area (Å²) < 4.78 is 2.00. The van der Waals surface area contributed by atoms with Gasteiger partial charge in [-0.05, 0) is 18.5 Å². The monoisotopic (exact) mass is 251 g/mol. The van der Waals surface area contributed by atoms with Crippen molar-refractivity contribution in [3.63, 3.8) is 0 Å². The Hall–Kier alpha value is -1.62. The Bertz CT molecular complexity index is 488. The highest BCUT2D eigenvalue weighted by Crippen LogP contribution is 2.09. The second-order valence-electron chi connectivity index (χ2n) is 3.79. The van der Waals surface area contributed by atoms with Crippen molar-refractivity contribution in [1.82, 2.24) is 19.5 Å². The Morgan fingerprint density at radius 1 is 1.41 bits per heavy atom. The highest BCUT2D eigenvalue weighted by Gasteiger charge is 2.01. The first kappa shape index (κ1) is 11.9. The molecule has 0 aliphatic heterocycles. The molecule has 0 aliphatic carbocycles. The van der Waals surface area contributed by atoms with Crippen molar-refractivity contribution >= 4 is 17.4 Å². The van der Waals surface area contributed by atoms with Gasteiger partial charge in [0.15, 0.2) is 0 Å². The lowest BCUT2D eigenvalue weighted by Gasteiger charge is -2.06. The molecule has 0 atom stereocenters. The van der Waals surface area contributed by atoms with Crippen molar-refractivity contribution < 1.29 is 0 Å². The van der Waals surface area contributed by atoms with Crippen molar-refractivity contribution in [1.29, 1.82) is 0 Å². The third-order valence-electron chi connectivity index (χ3n) is 2.40. The SMILES string of the molecule is Cc1cc(NCCc2nccn2C)nc(Cl)n1. The fraction of sp³-hybridized carbons (Fsp3) is 0.364. The van der Waals surface area contributed by atoms with Crippen LogP contribution in [0.3, 0.4) is 0 Å². The molecule has 0 aromatic carbocycles. The number of nitrogens with one attached hydrogen (secondary N) is 1. The molecule has 5 nitrogen and oxygen atoms in total. The lowest BCUT2D eigenvalue weighted by atomic mass is 10.4. The van der Waals surface area contributed by atoms with Gasteiger partial charge in [-0.3, -0.25) is 0 Å². The Morgan fingerprint density at radius 3 is 2.88 bits per heavy atom. The second kappa shape index (κ2) is 5.14. The van der Waals surface area contributed by atoms with E-state index in [1.165, 1.54) is 0 Å². The van der Waals surface area contributed by atoms with E-state index in [1.807, 2.05) is 30.8 Å². The first-order valence-electron chi connectivity index (χ1n) is 5.36. The summed E-state index contributed by atoms with van der Waals surface area (Å²) in [4.78, 5) is 12.3. The topological polar surface area (TPSA) is 55.6 Å². The Morgan fingerprint density at radius 2 is 2.24 bits per heavy atom. The molecule has 0 amide bonds. The van der Waals surface area contributed by atoms with Crippen molar-refractivity contribution in [3.05, 3.63) is 35.3 Å². The zero-order valence-electron chi connectivity index (χ0n) is 9.81. The van der Waals surface area contributed by atoms with Crippen LogP contribution >= 0.6 is 11.6 Å². The largest absolute Gasteiger partial charge is 0.369 e. The van der Waals surface area contributed by atoms with Crippen molar-refractivity contribution in [2.45, 2.75) is 13.3 Å². The van der Waals surface area contributed by atoms with Crippen LogP contribution in [-0.2, 0) is 13.5 Å². The van der Waals surface area contributed by atoms with Crippen LogP contribution in [0.15, 0.2) is 18.5 Å². The van der Waals surface area contributed by atoms with E-state index in [4.69, 9.17) is 11.6 Å². The molecule has 0 bridgehead atoms. The van der Waals surface area contributed by atoms with Crippen molar-refractivity contribution in [3.8, 4) is 0 Å². The number of aromatic nitrogens is 4. The molecule has 6 heteroatoms. The normalized spacial score (nSPS) is 10.5. The highest BCUT2D eigenvalue weighted by atomic mass is 35.5. The van der Waals surface area contributed by atoms with Crippen LogP contribution in [0, 0.1) is 6.92 Å². The average Bonchev–Trinajstić information content (AvgIpc) is 2.63. The summed E-state index contributed by atoms with van der Waals surface area (Å²) in [5.41, 5.74) is 0.851. The lowest BCUT2D eigenvalue weighted by molar-refractivity contribution is 0.788. The number of aryl methyl sites for hydroxylation is 2. The van der Waals surface area contributed by atoms with E-state index in [2.05, 4.69) is 20.3 Å². The quantitative estimate of drug-likeness (QED) is 0.843. The fourth-order valence-corrected chi connectivity index (χ4v) is 1.79. The van der Waals surface area contributed by atoms with E-state index in [0.29, 0.717) is 0 Å². The molecule has 17 heavy (non-hydrogen) atoms. The van der Waals surface area contributed by atoms with Gasteiger partial charge in [-0.15, -0.1) is 0 Å². The summed E-state index contributed by atoms with van der Waals surface area (Å²) in [6, 6.07) is 1.87. The second-order valence-corrected chi connectivity index (χ2v) is 4.13. The van der Waals surface area contributed by atoms with Crippen LogP contribution in [0.2, 0.25) is 5.28 Å². The van der Waals surface area contributed by atoms with Gasteiger partial charge in [0.1, 0.15) is 11.6 Å². The minimum Gasteiger partial charge on any atom is -0.369 e. The van der Waals surface area contributed by atoms with Crippen LogP contribution in [0.1, 0.15) is 11.5 Å². The van der Waals surface area contributed by atoms with E-state index < -0.39 is 0 Å². The molecule has 0 fully saturated rings. The number of hydrogen-bond donors (Lipinski definition) is 1. The molecule has 0 unspecified atom stereocenters. The predicted molar refractivity (Wildman–Crippen MR) is 67.2 cm³/mol. The van der Waals surface area contributed by atoms with E-state index in [1.54, 1.807) is 6.20 Å². The number of nitrogens with zero attached hydrogens (tertiary/aromatic N) is 4. The fourth-order valence-electron chi connectivity index (χ4n) is 1.56. The molecular formula is C11H14ClN5. The van der Waals surface area contributed by atoms with Gasteiger partial charge in [-0.1, -0.05) is 0 Å². The maximum Gasteiger partial charge on any atom is 0.224 e. The van der Waals surface area contributed by atoms with Gasteiger partial charge in [-0.25, -0.2) is 15.0 Å². The van der Waals surface area contributed by atoms with Gasteiger partial charge in [0.2, 0.25) is 5.28 Å². The number of imidazole rings is 1. The van der Waals surface area contributed by atoms with Crippen LogP contribution < -0.4 is 5.32 Å². The standard InChI is InChI=1S/C11H14ClN5/c1-8-7-9(16-11(12)15-8)13-4-3-10-14-5-6-17(10)2/h5-7H,3-4H2,1-2H3,(H,13,15,16). The molecule has 0 saturated heterocycles. The first-order chi connectivity index (χ1) is 8.15. The molecule has 2 heterocycles. The molecule has 0 saturated carbocycles. The lowest BCUT2D eigenvalue weighted by Crippen LogP contribution is -2.10. The average molecular weight is 252 g/mol. The molecule has 90 valence electrons. The third kappa shape index (κ3) is 3.17. The molecule has 0 aliphatic rings. The third-order valence-corrected chi connectivity index (χ3v) is 2.57. The summed E-state index contributed by atoms with van der Waals surface area (Å²) in [6.07, 6.45) is 4.56. The van der Waals surface area contributed by atoms with Crippen LogP contribution in [0.5, 0.6) is 0 Å². The Balaban J connectivity index is 1.92. The maximum absolute atomic E-state index is 5.78. The van der Waals surface area contributed by atoms with Crippen LogP contribution in [0.25, 0.3) is 0 Å². The van der Waals surface area contributed by atoms with Gasteiger partial charge >= 0.3 is 0 Å². The number of rotatable bonds is 4. The summed E-state index contributed by atoms with van der Waals surface area (Å²) in [5, 5.41) is 3.47. The Kier molecular flexibility index (Phi) is 3.58. The van der Waals surface area contributed by atoms with Gasteiger partial charge < -0.3 is 9.88 Å². The van der Waals surface area contributed by atoms with Gasteiger partial charge in [0, 0.05) is 44.2 Å². The number of hydrogen-bond acceptors (Lipinski definition) is 4.